The van der Waals surface area contributed by atoms with Crippen molar-refractivity contribution in [2.45, 2.75) is 18.9 Å². The van der Waals surface area contributed by atoms with E-state index in [-0.39, 0.29) is 17.8 Å². The largest absolute Gasteiger partial charge is 0.503 e. The van der Waals surface area contributed by atoms with Crippen molar-refractivity contribution in [1.29, 1.82) is 0 Å². The van der Waals surface area contributed by atoms with E-state index < -0.39 is 17.7 Å². The normalized spacial score (nSPS) is 16.5. The van der Waals surface area contributed by atoms with Gasteiger partial charge in [-0.3, -0.25) is 14.5 Å². The Bertz CT molecular complexity index is 1080. The molecule has 1 atom stereocenters. The fourth-order valence-corrected chi connectivity index (χ4v) is 4.75. The Balaban J connectivity index is 1.69. The summed E-state index contributed by atoms with van der Waals surface area (Å²) >= 11 is 4.89. The molecule has 1 unspecified atom stereocenters. The highest BCUT2D eigenvalue weighted by Gasteiger charge is 2.44. The highest BCUT2D eigenvalue weighted by Crippen LogP contribution is 2.43. The molecule has 1 amide bonds. The molecule has 4 nitrogen and oxygen atoms in total. The Morgan fingerprint density at radius 3 is 2.55 bits per heavy atom. The Kier molecular flexibility index (Phi) is 5.65. The molecule has 2 heterocycles. The molecular formula is C23H18BrNO3S. The number of carbonyl (C=O) groups excluding carboxylic acids is 2. The molecule has 146 valence electrons. The number of amides is 1. The van der Waals surface area contributed by atoms with Crippen LogP contribution in [0.2, 0.25) is 0 Å². The second kappa shape index (κ2) is 8.35. The van der Waals surface area contributed by atoms with E-state index in [0.29, 0.717) is 12.1 Å². The van der Waals surface area contributed by atoms with Gasteiger partial charge in [0.25, 0.3) is 5.91 Å². The number of anilines is 1. The van der Waals surface area contributed by atoms with Crippen molar-refractivity contribution in [1.82, 2.24) is 0 Å². The van der Waals surface area contributed by atoms with E-state index in [1.807, 2.05) is 66.0 Å². The maximum atomic E-state index is 13.1. The third kappa shape index (κ3) is 3.91. The molecule has 0 saturated heterocycles. The van der Waals surface area contributed by atoms with Crippen LogP contribution in [0.4, 0.5) is 5.69 Å². The molecule has 1 aliphatic heterocycles. The summed E-state index contributed by atoms with van der Waals surface area (Å²) in [5.74, 6) is -1.22. The molecule has 4 rings (SSSR count). The highest BCUT2D eigenvalue weighted by molar-refractivity contribution is 9.10. The lowest BCUT2D eigenvalue weighted by molar-refractivity contribution is -0.118. The van der Waals surface area contributed by atoms with Gasteiger partial charge in [0.05, 0.1) is 5.57 Å². The first-order chi connectivity index (χ1) is 14.1. The van der Waals surface area contributed by atoms with Crippen molar-refractivity contribution in [2.75, 3.05) is 4.90 Å². The van der Waals surface area contributed by atoms with Crippen molar-refractivity contribution < 1.29 is 14.7 Å². The lowest BCUT2D eigenvalue weighted by Gasteiger charge is -2.26. The Labute approximate surface area is 181 Å². The lowest BCUT2D eigenvalue weighted by atomic mass is 9.97. The molecule has 1 N–H and O–H groups in total. The van der Waals surface area contributed by atoms with Gasteiger partial charge in [0, 0.05) is 21.5 Å². The van der Waals surface area contributed by atoms with Gasteiger partial charge in [-0.05, 0) is 41.6 Å². The number of ketones is 1. The van der Waals surface area contributed by atoms with Crippen LogP contribution < -0.4 is 4.90 Å². The van der Waals surface area contributed by atoms with Crippen LogP contribution in [0.25, 0.3) is 0 Å². The minimum atomic E-state index is -0.625. The molecule has 0 spiro atoms. The maximum Gasteiger partial charge on any atom is 0.294 e. The number of hydrogen-bond acceptors (Lipinski definition) is 4. The molecule has 1 aliphatic rings. The minimum absolute atomic E-state index is 0.174. The molecule has 0 radical (unpaired) electrons. The standard InChI is InChI=1S/C23H18BrNO3S/c24-16-8-4-9-17(14-16)25-21(19-10-5-13-29-19)20(22(27)23(25)28)18(26)12-11-15-6-2-1-3-7-15/h1-10,13-14,21,27H,11-12H2. The van der Waals surface area contributed by atoms with Crippen LogP contribution >= 0.6 is 27.3 Å². The van der Waals surface area contributed by atoms with Gasteiger partial charge in [0.15, 0.2) is 11.5 Å². The summed E-state index contributed by atoms with van der Waals surface area (Å²) in [6, 6.07) is 20.2. The van der Waals surface area contributed by atoms with Gasteiger partial charge in [0.2, 0.25) is 0 Å². The van der Waals surface area contributed by atoms with Crippen LogP contribution in [0.3, 0.4) is 0 Å². The summed E-state index contributed by atoms with van der Waals surface area (Å²) in [7, 11) is 0. The number of hydrogen-bond donors (Lipinski definition) is 1. The molecule has 0 saturated carbocycles. The average Bonchev–Trinajstić information content (AvgIpc) is 3.34. The number of carbonyl (C=O) groups is 2. The maximum absolute atomic E-state index is 13.1. The molecule has 6 heteroatoms. The third-order valence-corrected chi connectivity index (χ3v) is 6.31. The van der Waals surface area contributed by atoms with Crippen LogP contribution in [0, 0.1) is 0 Å². The summed E-state index contributed by atoms with van der Waals surface area (Å²) in [6.45, 7) is 0. The summed E-state index contributed by atoms with van der Waals surface area (Å²) < 4.78 is 0.816. The predicted molar refractivity (Wildman–Crippen MR) is 118 cm³/mol. The summed E-state index contributed by atoms with van der Waals surface area (Å²) in [5, 5.41) is 12.6. The topological polar surface area (TPSA) is 57.6 Å². The first-order valence-corrected chi connectivity index (χ1v) is 10.9. The van der Waals surface area contributed by atoms with E-state index >= 15 is 0 Å². The number of benzene rings is 2. The van der Waals surface area contributed by atoms with Gasteiger partial charge < -0.3 is 5.11 Å². The van der Waals surface area contributed by atoms with Crippen molar-refractivity contribution in [3.05, 3.63) is 98.4 Å². The predicted octanol–water partition coefficient (Wildman–Crippen LogP) is 5.61. The fraction of sp³-hybridized carbons (Fsp3) is 0.130. The van der Waals surface area contributed by atoms with Crippen LogP contribution in [-0.2, 0) is 16.0 Å². The van der Waals surface area contributed by atoms with Crippen molar-refractivity contribution >= 4 is 44.6 Å². The summed E-state index contributed by atoms with van der Waals surface area (Å²) in [4.78, 5) is 28.4. The van der Waals surface area contributed by atoms with Gasteiger partial charge in [-0.1, -0.05) is 58.4 Å². The smallest absolute Gasteiger partial charge is 0.294 e. The van der Waals surface area contributed by atoms with E-state index in [0.717, 1.165) is 14.9 Å². The van der Waals surface area contributed by atoms with Gasteiger partial charge in [-0.25, -0.2) is 0 Å². The molecule has 0 fully saturated rings. The van der Waals surface area contributed by atoms with E-state index in [2.05, 4.69) is 15.9 Å². The second-order valence-electron chi connectivity index (χ2n) is 6.74. The van der Waals surface area contributed by atoms with Crippen LogP contribution in [0.15, 0.2) is 87.9 Å². The number of rotatable bonds is 6. The summed E-state index contributed by atoms with van der Waals surface area (Å²) in [5.41, 5.74) is 1.84. The monoisotopic (exact) mass is 467 g/mol. The zero-order valence-electron chi connectivity index (χ0n) is 15.4. The molecule has 2 aromatic carbocycles. The van der Waals surface area contributed by atoms with Gasteiger partial charge >= 0.3 is 0 Å². The first kappa shape index (κ1) is 19.6. The summed E-state index contributed by atoms with van der Waals surface area (Å²) in [6.07, 6.45) is 0.781. The molecule has 1 aromatic heterocycles. The minimum Gasteiger partial charge on any atom is -0.503 e. The fourth-order valence-electron chi connectivity index (χ4n) is 3.54. The van der Waals surface area contributed by atoms with Gasteiger partial charge in [0.1, 0.15) is 6.04 Å². The number of nitrogens with zero attached hydrogens (tertiary/aromatic N) is 1. The van der Waals surface area contributed by atoms with E-state index in [1.54, 1.807) is 6.07 Å². The van der Waals surface area contributed by atoms with Crippen molar-refractivity contribution in [3.8, 4) is 0 Å². The van der Waals surface area contributed by atoms with Gasteiger partial charge in [-0.15, -0.1) is 11.3 Å². The molecule has 0 bridgehead atoms. The van der Waals surface area contributed by atoms with Crippen LogP contribution in [0.1, 0.15) is 22.9 Å². The Hall–Kier alpha value is -2.70. The highest BCUT2D eigenvalue weighted by atomic mass is 79.9. The van der Waals surface area contributed by atoms with E-state index in [4.69, 9.17) is 0 Å². The number of thiophene rings is 1. The first-order valence-electron chi connectivity index (χ1n) is 9.19. The number of Topliss-reactive ketones (excluding diaryl/α,β-unsaturated/α-hetero) is 1. The SMILES string of the molecule is O=C(CCc1ccccc1)C1=C(O)C(=O)N(c2cccc(Br)c2)C1c1cccs1. The van der Waals surface area contributed by atoms with E-state index in [9.17, 15) is 14.7 Å². The quantitative estimate of drug-likeness (QED) is 0.512. The van der Waals surface area contributed by atoms with Gasteiger partial charge in [-0.2, -0.15) is 0 Å². The number of aliphatic hydroxyl groups is 1. The van der Waals surface area contributed by atoms with Crippen LogP contribution in [-0.4, -0.2) is 16.8 Å². The number of aryl methyl sites for hydroxylation is 1. The van der Waals surface area contributed by atoms with Crippen molar-refractivity contribution in [2.24, 2.45) is 0 Å². The molecular weight excluding hydrogens is 450 g/mol. The average molecular weight is 468 g/mol. The van der Waals surface area contributed by atoms with Crippen LogP contribution in [0.5, 0.6) is 0 Å². The third-order valence-electron chi connectivity index (χ3n) is 4.89. The Morgan fingerprint density at radius 1 is 1.07 bits per heavy atom. The molecule has 0 aliphatic carbocycles. The number of aliphatic hydroxyl groups excluding tert-OH is 1. The zero-order chi connectivity index (χ0) is 20.4. The molecule has 29 heavy (non-hydrogen) atoms. The zero-order valence-corrected chi connectivity index (χ0v) is 17.8. The molecule has 3 aromatic rings. The lowest BCUT2D eigenvalue weighted by Crippen LogP contribution is -2.30. The van der Waals surface area contributed by atoms with E-state index in [1.165, 1.54) is 16.2 Å². The Morgan fingerprint density at radius 2 is 1.86 bits per heavy atom. The number of halogens is 1. The second-order valence-corrected chi connectivity index (χ2v) is 8.64. The van der Waals surface area contributed by atoms with Crippen molar-refractivity contribution in [3.63, 3.8) is 0 Å².